The zero-order valence-electron chi connectivity index (χ0n) is 14.0. The van der Waals surface area contributed by atoms with Crippen molar-refractivity contribution >= 4 is 41.6 Å². The molecule has 1 unspecified atom stereocenters. The van der Waals surface area contributed by atoms with Crippen molar-refractivity contribution in [3.05, 3.63) is 41.6 Å². The Hall–Kier alpha value is -1.36. The van der Waals surface area contributed by atoms with Crippen LogP contribution in [0.25, 0.3) is 10.9 Å². The van der Waals surface area contributed by atoms with Gasteiger partial charge in [0.25, 0.3) is 5.91 Å². The van der Waals surface area contributed by atoms with Crippen molar-refractivity contribution in [2.45, 2.75) is 38.6 Å². The fourth-order valence-electron chi connectivity index (χ4n) is 2.92. The highest BCUT2D eigenvalue weighted by Crippen LogP contribution is 2.22. The first-order chi connectivity index (χ1) is 10.6. The van der Waals surface area contributed by atoms with E-state index in [2.05, 4.69) is 29.5 Å². The Bertz CT molecular complexity index is 685. The van der Waals surface area contributed by atoms with E-state index < -0.39 is 0 Å². The molecule has 1 aromatic heterocycles. The standard InChI is InChI=1S/C18H23N3O.2ClH/c1-12(2)17-10-15(14-7-3-4-8-16(14)21-17)18(22)20-11-13-6-5-9-19-13;;/h3-4,7-8,10,12-13,19H,5-6,9,11H2,1-2H3,(H,20,22);2*1H. The van der Waals surface area contributed by atoms with Crippen LogP contribution in [0.15, 0.2) is 30.3 Å². The molecule has 3 rings (SSSR count). The van der Waals surface area contributed by atoms with Gasteiger partial charge in [0.2, 0.25) is 0 Å². The third-order valence-electron chi connectivity index (χ3n) is 4.24. The number of amides is 1. The predicted octanol–water partition coefficient (Wildman–Crippen LogP) is 3.68. The van der Waals surface area contributed by atoms with E-state index in [0.717, 1.165) is 35.1 Å². The number of rotatable bonds is 4. The molecule has 24 heavy (non-hydrogen) atoms. The molecule has 1 aliphatic rings. The van der Waals surface area contributed by atoms with Gasteiger partial charge in [0.15, 0.2) is 0 Å². The van der Waals surface area contributed by atoms with Crippen molar-refractivity contribution in [1.82, 2.24) is 15.6 Å². The van der Waals surface area contributed by atoms with Crippen LogP contribution in [0.3, 0.4) is 0 Å². The van der Waals surface area contributed by atoms with Crippen LogP contribution in [0, 0.1) is 0 Å². The largest absolute Gasteiger partial charge is 0.350 e. The molecule has 2 N–H and O–H groups in total. The summed E-state index contributed by atoms with van der Waals surface area (Å²) in [6.07, 6.45) is 2.32. The average Bonchev–Trinajstić information content (AvgIpc) is 3.04. The molecular formula is C18H25Cl2N3O. The minimum Gasteiger partial charge on any atom is -0.350 e. The molecule has 1 fully saturated rings. The van der Waals surface area contributed by atoms with Crippen molar-refractivity contribution in [1.29, 1.82) is 0 Å². The van der Waals surface area contributed by atoms with E-state index in [0.29, 0.717) is 18.5 Å². The number of carbonyl (C=O) groups is 1. The third kappa shape index (κ3) is 4.59. The smallest absolute Gasteiger partial charge is 0.252 e. The summed E-state index contributed by atoms with van der Waals surface area (Å²) in [6, 6.07) is 10.2. The minimum atomic E-state index is -0.00537. The molecule has 132 valence electrons. The summed E-state index contributed by atoms with van der Waals surface area (Å²) >= 11 is 0. The number of carbonyl (C=O) groups excluding carboxylic acids is 1. The Balaban J connectivity index is 0.00000144. The first kappa shape index (κ1) is 20.7. The fraction of sp³-hybridized carbons (Fsp3) is 0.444. The molecule has 2 heterocycles. The highest BCUT2D eigenvalue weighted by Gasteiger charge is 2.17. The molecular weight excluding hydrogens is 345 g/mol. The molecule has 1 aliphatic heterocycles. The molecule has 0 saturated carbocycles. The van der Waals surface area contributed by atoms with Gasteiger partial charge in [0.05, 0.1) is 11.1 Å². The van der Waals surface area contributed by atoms with Crippen LogP contribution in [0.2, 0.25) is 0 Å². The van der Waals surface area contributed by atoms with Gasteiger partial charge in [0.1, 0.15) is 0 Å². The number of nitrogens with one attached hydrogen (secondary N) is 2. The SMILES string of the molecule is CC(C)c1cc(C(=O)NCC2CCCN2)c2ccccc2n1.Cl.Cl. The lowest BCUT2D eigenvalue weighted by molar-refractivity contribution is 0.0952. The van der Waals surface area contributed by atoms with Crippen LogP contribution in [0.4, 0.5) is 0 Å². The maximum atomic E-state index is 12.6. The van der Waals surface area contributed by atoms with Gasteiger partial charge >= 0.3 is 0 Å². The summed E-state index contributed by atoms with van der Waals surface area (Å²) in [7, 11) is 0. The van der Waals surface area contributed by atoms with Crippen molar-refractivity contribution in [3.8, 4) is 0 Å². The number of halogens is 2. The summed E-state index contributed by atoms with van der Waals surface area (Å²) in [5.74, 6) is 0.293. The number of aromatic nitrogens is 1. The normalized spacial score (nSPS) is 16.5. The Morgan fingerprint density at radius 2 is 2.08 bits per heavy atom. The van der Waals surface area contributed by atoms with E-state index in [1.807, 2.05) is 30.3 Å². The van der Waals surface area contributed by atoms with Crippen LogP contribution in [0.1, 0.15) is 48.7 Å². The van der Waals surface area contributed by atoms with Gasteiger partial charge in [-0.3, -0.25) is 9.78 Å². The summed E-state index contributed by atoms with van der Waals surface area (Å²) in [5.41, 5.74) is 2.58. The molecule has 1 aromatic carbocycles. The lowest BCUT2D eigenvalue weighted by Gasteiger charge is -2.14. The second-order valence-corrected chi connectivity index (χ2v) is 6.27. The zero-order chi connectivity index (χ0) is 15.5. The Kier molecular flexibility index (Phi) is 7.94. The van der Waals surface area contributed by atoms with E-state index >= 15 is 0 Å². The second kappa shape index (κ2) is 9.21. The molecule has 6 heteroatoms. The van der Waals surface area contributed by atoms with Gasteiger partial charge in [-0.1, -0.05) is 32.0 Å². The van der Waals surface area contributed by atoms with E-state index in [1.54, 1.807) is 0 Å². The predicted molar refractivity (Wildman–Crippen MR) is 104 cm³/mol. The first-order valence-electron chi connectivity index (χ1n) is 8.06. The van der Waals surface area contributed by atoms with Crippen molar-refractivity contribution in [2.24, 2.45) is 0 Å². The quantitative estimate of drug-likeness (QED) is 0.863. The molecule has 0 bridgehead atoms. The number of hydrogen-bond acceptors (Lipinski definition) is 3. The van der Waals surface area contributed by atoms with Gasteiger partial charge in [-0.05, 0) is 37.4 Å². The molecule has 0 spiro atoms. The van der Waals surface area contributed by atoms with Crippen LogP contribution < -0.4 is 10.6 Å². The maximum Gasteiger partial charge on any atom is 0.252 e. The molecule has 0 aliphatic carbocycles. The molecule has 2 aromatic rings. The lowest BCUT2D eigenvalue weighted by Crippen LogP contribution is -2.37. The summed E-state index contributed by atoms with van der Waals surface area (Å²) in [4.78, 5) is 17.3. The number of hydrogen-bond donors (Lipinski definition) is 2. The van der Waals surface area contributed by atoms with Crippen molar-refractivity contribution < 1.29 is 4.79 Å². The topological polar surface area (TPSA) is 54.0 Å². The highest BCUT2D eigenvalue weighted by molar-refractivity contribution is 6.06. The molecule has 0 radical (unpaired) electrons. The van der Waals surface area contributed by atoms with E-state index in [1.165, 1.54) is 6.42 Å². The van der Waals surface area contributed by atoms with E-state index in [9.17, 15) is 4.79 Å². The number of fused-ring (bicyclic) bond motifs is 1. The summed E-state index contributed by atoms with van der Waals surface area (Å²) in [5, 5.41) is 7.39. The van der Waals surface area contributed by atoms with Gasteiger partial charge in [-0.25, -0.2) is 0 Å². The number of benzene rings is 1. The number of nitrogens with zero attached hydrogens (tertiary/aromatic N) is 1. The number of pyridine rings is 1. The van der Waals surface area contributed by atoms with E-state index in [4.69, 9.17) is 0 Å². The highest BCUT2D eigenvalue weighted by atomic mass is 35.5. The van der Waals surface area contributed by atoms with Crippen molar-refractivity contribution in [2.75, 3.05) is 13.1 Å². The molecule has 1 atom stereocenters. The van der Waals surface area contributed by atoms with Gasteiger partial charge in [0, 0.05) is 23.7 Å². The maximum absolute atomic E-state index is 12.6. The van der Waals surface area contributed by atoms with Gasteiger partial charge in [-0.15, -0.1) is 24.8 Å². The number of para-hydroxylation sites is 1. The summed E-state index contributed by atoms with van der Waals surface area (Å²) < 4.78 is 0. The monoisotopic (exact) mass is 369 g/mol. The Labute approximate surface area is 155 Å². The molecule has 1 amide bonds. The second-order valence-electron chi connectivity index (χ2n) is 6.27. The zero-order valence-corrected chi connectivity index (χ0v) is 15.7. The fourth-order valence-corrected chi connectivity index (χ4v) is 2.92. The third-order valence-corrected chi connectivity index (χ3v) is 4.24. The minimum absolute atomic E-state index is 0. The Morgan fingerprint density at radius 1 is 1.33 bits per heavy atom. The van der Waals surface area contributed by atoms with Crippen LogP contribution >= 0.6 is 24.8 Å². The van der Waals surface area contributed by atoms with E-state index in [-0.39, 0.29) is 30.7 Å². The lowest BCUT2D eigenvalue weighted by atomic mass is 10.0. The van der Waals surface area contributed by atoms with Crippen molar-refractivity contribution in [3.63, 3.8) is 0 Å². The van der Waals surface area contributed by atoms with Crippen LogP contribution in [-0.4, -0.2) is 30.0 Å². The first-order valence-corrected chi connectivity index (χ1v) is 8.06. The summed E-state index contributed by atoms with van der Waals surface area (Å²) in [6.45, 7) is 5.94. The van der Waals surface area contributed by atoms with Gasteiger partial charge in [-0.2, -0.15) is 0 Å². The molecule has 1 saturated heterocycles. The van der Waals surface area contributed by atoms with Crippen LogP contribution in [0.5, 0.6) is 0 Å². The van der Waals surface area contributed by atoms with Crippen LogP contribution in [-0.2, 0) is 0 Å². The molecule has 4 nitrogen and oxygen atoms in total. The average molecular weight is 370 g/mol. The van der Waals surface area contributed by atoms with Gasteiger partial charge < -0.3 is 10.6 Å². The Morgan fingerprint density at radius 3 is 2.75 bits per heavy atom.